The summed E-state index contributed by atoms with van der Waals surface area (Å²) in [4.78, 5) is 0. The number of aliphatic hydroxyl groups is 3. The van der Waals surface area contributed by atoms with Gasteiger partial charge in [-0.15, -0.1) is 0 Å². The summed E-state index contributed by atoms with van der Waals surface area (Å²) in [5.74, 6) is 0. The first-order chi connectivity index (χ1) is 9.77. The normalized spacial score (nSPS) is 12.6. The second kappa shape index (κ2) is 11.6. The molecule has 0 saturated heterocycles. The molecule has 0 aromatic rings. The lowest BCUT2D eigenvalue weighted by atomic mass is 10.1. The summed E-state index contributed by atoms with van der Waals surface area (Å²) < 4.78 is 44.0. The molecule has 3 N–H and O–H groups in total. The molecule has 0 unspecified atom stereocenters. The van der Waals surface area contributed by atoms with Crippen molar-refractivity contribution in [1.29, 1.82) is 0 Å². The Morgan fingerprint density at radius 2 is 1.22 bits per heavy atom. The Hall–Kier alpha value is 0.0300. The molecular weight excluding hydrogens is 372 g/mol. The van der Waals surface area contributed by atoms with Crippen molar-refractivity contribution in [3.63, 3.8) is 0 Å². The van der Waals surface area contributed by atoms with Gasteiger partial charge in [-0.25, -0.2) is 8.42 Å². The zero-order valence-corrected chi connectivity index (χ0v) is 16.8. The molecule has 8 nitrogen and oxygen atoms in total. The fourth-order valence-electron chi connectivity index (χ4n) is 0.716. The van der Waals surface area contributed by atoms with Crippen molar-refractivity contribution in [1.82, 2.24) is 0 Å². The van der Waals surface area contributed by atoms with Crippen molar-refractivity contribution in [2.75, 3.05) is 25.7 Å². The number of hydrogen-bond acceptors (Lipinski definition) is 8. The third kappa shape index (κ3) is 61.1. The first-order valence-electron chi connectivity index (χ1n) is 6.56. The maximum absolute atomic E-state index is 10.4. The van der Waals surface area contributed by atoms with Crippen LogP contribution in [0.2, 0.25) is 0 Å². The van der Waals surface area contributed by atoms with Crippen LogP contribution in [0.4, 0.5) is 0 Å². The molecule has 0 aromatic carbocycles. The van der Waals surface area contributed by atoms with Gasteiger partial charge in [0, 0.05) is 23.7 Å². The number of rotatable bonds is 6. The highest BCUT2D eigenvalue weighted by Crippen LogP contribution is 2.07. The van der Waals surface area contributed by atoms with E-state index < -0.39 is 30.4 Å². The van der Waals surface area contributed by atoms with Gasteiger partial charge in [0.05, 0.1) is 30.3 Å². The molecule has 0 aromatic heterocycles. The van der Waals surface area contributed by atoms with E-state index in [0.29, 0.717) is 12.8 Å². The Bertz CT molecular complexity index is 478. The second-order valence-corrected chi connectivity index (χ2v) is 10.7. The van der Waals surface area contributed by atoms with E-state index in [-0.39, 0.29) is 13.2 Å². The van der Waals surface area contributed by atoms with E-state index in [1.165, 1.54) is 0 Å². The van der Waals surface area contributed by atoms with Crippen LogP contribution in [0.3, 0.4) is 0 Å². The van der Waals surface area contributed by atoms with Gasteiger partial charge in [0.1, 0.15) is 0 Å². The van der Waals surface area contributed by atoms with E-state index in [9.17, 15) is 16.8 Å². The standard InChI is InChI=1S/C6H14O4S.C5H12O2.CH3ClO2S/c1-6(2,7)4-5-10-11(3,8)9;1-5(2,7)3-4-6;1-5(2,3)4/h7H,4-5H2,1-3H3;6-7H,3-4H2,1-2H3;1H3. The second-order valence-electron chi connectivity index (χ2n) is 6.06. The molecule has 0 spiro atoms. The Morgan fingerprint density at radius 1 is 0.913 bits per heavy atom. The van der Waals surface area contributed by atoms with Crippen molar-refractivity contribution < 1.29 is 36.3 Å². The number of hydrogen-bond donors (Lipinski definition) is 3. The van der Waals surface area contributed by atoms with Crippen molar-refractivity contribution in [3.8, 4) is 0 Å². The summed E-state index contributed by atoms with van der Waals surface area (Å²) in [6.45, 7) is 6.62. The van der Waals surface area contributed by atoms with Crippen LogP contribution in [0.15, 0.2) is 0 Å². The van der Waals surface area contributed by atoms with Gasteiger partial charge in [-0.05, 0) is 34.1 Å². The molecular formula is C12H29ClO8S2. The van der Waals surface area contributed by atoms with Gasteiger partial charge in [0.2, 0.25) is 9.05 Å². The molecule has 0 saturated carbocycles. The molecule has 0 atom stereocenters. The van der Waals surface area contributed by atoms with E-state index in [2.05, 4.69) is 14.9 Å². The average Bonchev–Trinajstić information content (AvgIpc) is 2.08. The molecule has 11 heteroatoms. The molecule has 144 valence electrons. The van der Waals surface area contributed by atoms with Gasteiger partial charge in [-0.2, -0.15) is 8.42 Å². The molecule has 0 rings (SSSR count). The molecule has 0 heterocycles. The summed E-state index contributed by atoms with van der Waals surface area (Å²) in [6, 6.07) is 0. The zero-order valence-electron chi connectivity index (χ0n) is 14.4. The summed E-state index contributed by atoms with van der Waals surface area (Å²) in [5, 5.41) is 26.2. The smallest absolute Gasteiger partial charge is 0.264 e. The highest BCUT2D eigenvalue weighted by atomic mass is 35.7. The minimum atomic E-state index is -3.36. The third-order valence-corrected chi connectivity index (χ3v) is 2.33. The zero-order chi connectivity index (χ0) is 19.5. The molecule has 0 fully saturated rings. The molecule has 0 aliphatic carbocycles. The third-order valence-electron chi connectivity index (χ3n) is 1.73. The SMILES string of the molecule is CC(C)(O)CCO.CC(C)(O)CCOS(C)(=O)=O.CS(=O)(=O)Cl. The largest absolute Gasteiger partial charge is 0.396 e. The monoisotopic (exact) mass is 400 g/mol. The van der Waals surface area contributed by atoms with Crippen LogP contribution in [0.5, 0.6) is 0 Å². The van der Waals surface area contributed by atoms with Gasteiger partial charge in [-0.3, -0.25) is 4.18 Å². The Balaban J connectivity index is -0.000000286. The van der Waals surface area contributed by atoms with Crippen molar-refractivity contribution >= 4 is 29.9 Å². The van der Waals surface area contributed by atoms with Gasteiger partial charge < -0.3 is 15.3 Å². The molecule has 0 radical (unpaired) electrons. The average molecular weight is 401 g/mol. The van der Waals surface area contributed by atoms with Crippen LogP contribution in [0, 0.1) is 0 Å². The predicted octanol–water partition coefficient (Wildman–Crippen LogP) is 0.448. The van der Waals surface area contributed by atoms with Gasteiger partial charge >= 0.3 is 0 Å². The van der Waals surface area contributed by atoms with Gasteiger partial charge in [-0.1, -0.05) is 0 Å². The maximum Gasteiger partial charge on any atom is 0.264 e. The van der Waals surface area contributed by atoms with E-state index in [0.717, 1.165) is 12.5 Å². The van der Waals surface area contributed by atoms with E-state index in [1.54, 1.807) is 27.7 Å². The molecule has 0 bridgehead atoms. The molecule has 0 aliphatic rings. The number of halogens is 1. The van der Waals surface area contributed by atoms with Gasteiger partial charge in [0.25, 0.3) is 10.1 Å². The van der Waals surface area contributed by atoms with Crippen LogP contribution in [0.25, 0.3) is 0 Å². The predicted molar refractivity (Wildman–Crippen MR) is 90.4 cm³/mol. The van der Waals surface area contributed by atoms with E-state index in [1.807, 2.05) is 0 Å². The quantitative estimate of drug-likeness (QED) is 0.431. The summed E-state index contributed by atoms with van der Waals surface area (Å²) in [7, 11) is -2.05. The van der Waals surface area contributed by atoms with Gasteiger partial charge in [0.15, 0.2) is 0 Å². The van der Waals surface area contributed by atoms with Crippen molar-refractivity contribution in [2.45, 2.75) is 51.7 Å². The Morgan fingerprint density at radius 3 is 1.35 bits per heavy atom. The Labute approximate surface area is 144 Å². The lowest BCUT2D eigenvalue weighted by molar-refractivity contribution is 0.0514. The van der Waals surface area contributed by atoms with Crippen molar-refractivity contribution in [2.24, 2.45) is 0 Å². The van der Waals surface area contributed by atoms with Crippen LogP contribution in [-0.4, -0.2) is 69.1 Å². The summed E-state index contributed by atoms with van der Waals surface area (Å²) >= 11 is 0. The fourth-order valence-corrected chi connectivity index (χ4v) is 1.10. The molecule has 0 aliphatic heterocycles. The van der Waals surface area contributed by atoms with Crippen LogP contribution in [0.1, 0.15) is 40.5 Å². The summed E-state index contributed by atoms with van der Waals surface area (Å²) in [6.07, 6.45) is 2.67. The van der Waals surface area contributed by atoms with Crippen LogP contribution >= 0.6 is 10.7 Å². The van der Waals surface area contributed by atoms with Crippen molar-refractivity contribution in [3.05, 3.63) is 0 Å². The minimum Gasteiger partial charge on any atom is -0.396 e. The first kappa shape index (κ1) is 27.9. The fraction of sp³-hybridized carbons (Fsp3) is 1.00. The minimum absolute atomic E-state index is 0.0301. The first-order valence-corrected chi connectivity index (χ1v) is 11.1. The Kier molecular flexibility index (Phi) is 14.0. The maximum atomic E-state index is 10.4. The topological polar surface area (TPSA) is 138 Å². The lowest BCUT2D eigenvalue weighted by Gasteiger charge is -2.15. The van der Waals surface area contributed by atoms with Crippen LogP contribution < -0.4 is 0 Å². The summed E-state index contributed by atoms with van der Waals surface area (Å²) in [5.41, 5.74) is -1.57. The molecule has 23 heavy (non-hydrogen) atoms. The molecule has 0 amide bonds. The van der Waals surface area contributed by atoms with E-state index >= 15 is 0 Å². The highest BCUT2D eigenvalue weighted by Gasteiger charge is 2.13. The highest BCUT2D eigenvalue weighted by molar-refractivity contribution is 8.13. The lowest BCUT2D eigenvalue weighted by Crippen LogP contribution is -2.21. The van der Waals surface area contributed by atoms with E-state index in [4.69, 9.17) is 15.3 Å². The number of aliphatic hydroxyl groups excluding tert-OH is 1. The van der Waals surface area contributed by atoms with Crippen LogP contribution in [-0.2, 0) is 23.4 Å².